The third kappa shape index (κ3) is 1.93. The predicted molar refractivity (Wildman–Crippen MR) is 53.9 cm³/mol. The van der Waals surface area contributed by atoms with Gasteiger partial charge in [0.25, 0.3) is 0 Å². The number of nitrogens with zero attached hydrogens (tertiary/aromatic N) is 2. The molecule has 3 N–H and O–H groups in total. The first kappa shape index (κ1) is 9.21. The summed E-state index contributed by atoms with van der Waals surface area (Å²) in [5.74, 6) is 1.18. The average molecular weight is 194 g/mol. The molecule has 1 saturated heterocycles. The second-order valence-corrected chi connectivity index (χ2v) is 3.83. The van der Waals surface area contributed by atoms with Crippen molar-refractivity contribution in [3.63, 3.8) is 0 Å². The number of nitrogen functional groups attached to an aromatic ring is 1. The fourth-order valence-corrected chi connectivity index (χ4v) is 1.48. The third-order valence-corrected chi connectivity index (χ3v) is 2.33. The van der Waals surface area contributed by atoms with E-state index in [-0.39, 0.29) is 5.54 Å². The van der Waals surface area contributed by atoms with Crippen LogP contribution in [0, 0.1) is 0 Å². The summed E-state index contributed by atoms with van der Waals surface area (Å²) in [5.41, 5.74) is 5.42. The zero-order valence-electron chi connectivity index (χ0n) is 8.16. The van der Waals surface area contributed by atoms with E-state index in [1.807, 2.05) is 6.07 Å². The van der Waals surface area contributed by atoms with Crippen LogP contribution in [0.4, 0.5) is 11.6 Å². The Bertz CT molecular complexity index is 305. The van der Waals surface area contributed by atoms with Gasteiger partial charge in [-0.1, -0.05) is 0 Å². The molecule has 0 radical (unpaired) electrons. The minimum atomic E-state index is -0.0230. The Labute approximate surface area is 82.7 Å². The van der Waals surface area contributed by atoms with E-state index in [0.29, 0.717) is 12.4 Å². The maximum atomic E-state index is 5.44. The number of hydrogen-bond donors (Lipinski definition) is 2. The zero-order chi connectivity index (χ0) is 10.0. The van der Waals surface area contributed by atoms with Crippen molar-refractivity contribution in [2.75, 3.05) is 24.3 Å². The Morgan fingerprint density at radius 2 is 2.36 bits per heavy atom. The molecule has 0 aliphatic carbocycles. The van der Waals surface area contributed by atoms with Crippen LogP contribution in [0.15, 0.2) is 12.1 Å². The smallest absolute Gasteiger partial charge is 0.149 e. The van der Waals surface area contributed by atoms with Crippen molar-refractivity contribution in [2.45, 2.75) is 18.9 Å². The van der Waals surface area contributed by atoms with Gasteiger partial charge in [0, 0.05) is 6.61 Å². The van der Waals surface area contributed by atoms with E-state index in [9.17, 15) is 0 Å². The molecule has 1 aliphatic heterocycles. The van der Waals surface area contributed by atoms with Crippen LogP contribution in [0.1, 0.15) is 13.3 Å². The van der Waals surface area contributed by atoms with Crippen molar-refractivity contribution >= 4 is 11.6 Å². The Kier molecular flexibility index (Phi) is 2.25. The largest absolute Gasteiger partial charge is 0.382 e. The summed E-state index contributed by atoms with van der Waals surface area (Å²) < 4.78 is 5.32. The minimum absolute atomic E-state index is 0.0230. The van der Waals surface area contributed by atoms with Gasteiger partial charge in [0.15, 0.2) is 0 Å². The Hall–Kier alpha value is -1.36. The molecular formula is C9H14N4O. The highest BCUT2D eigenvalue weighted by atomic mass is 16.5. The number of nitrogens with one attached hydrogen (secondary N) is 1. The van der Waals surface area contributed by atoms with Crippen molar-refractivity contribution in [2.24, 2.45) is 0 Å². The number of anilines is 2. The summed E-state index contributed by atoms with van der Waals surface area (Å²) in [6.07, 6.45) is 0.985. The van der Waals surface area contributed by atoms with Crippen LogP contribution < -0.4 is 11.1 Å². The molecule has 1 atom stereocenters. The number of aromatic nitrogens is 2. The number of rotatable bonds is 2. The highest BCUT2D eigenvalue weighted by Crippen LogP contribution is 2.22. The van der Waals surface area contributed by atoms with E-state index in [1.54, 1.807) is 6.07 Å². The number of ether oxygens (including phenoxy) is 1. The van der Waals surface area contributed by atoms with Gasteiger partial charge in [-0.15, -0.1) is 10.2 Å². The molecule has 0 saturated carbocycles. The van der Waals surface area contributed by atoms with Gasteiger partial charge in [0.2, 0.25) is 0 Å². The van der Waals surface area contributed by atoms with Crippen LogP contribution in [0.3, 0.4) is 0 Å². The average Bonchev–Trinajstić information content (AvgIpc) is 2.57. The lowest BCUT2D eigenvalue weighted by Crippen LogP contribution is -2.35. The molecule has 1 aromatic rings. The highest BCUT2D eigenvalue weighted by molar-refractivity contribution is 5.40. The molecule has 1 unspecified atom stereocenters. The molecule has 0 bridgehead atoms. The van der Waals surface area contributed by atoms with Crippen molar-refractivity contribution in [3.05, 3.63) is 12.1 Å². The van der Waals surface area contributed by atoms with Crippen LogP contribution in [0.2, 0.25) is 0 Å². The SMILES string of the molecule is CC1(Nc2ccc(N)nn2)CCOC1. The molecule has 5 heteroatoms. The monoisotopic (exact) mass is 194 g/mol. The van der Waals surface area contributed by atoms with Gasteiger partial charge in [-0.3, -0.25) is 0 Å². The Balaban J connectivity index is 2.06. The molecule has 1 aromatic heterocycles. The summed E-state index contributed by atoms with van der Waals surface area (Å²) >= 11 is 0. The molecule has 0 spiro atoms. The predicted octanol–water partition coefficient (Wildman–Crippen LogP) is 0.650. The van der Waals surface area contributed by atoms with Gasteiger partial charge < -0.3 is 15.8 Å². The normalized spacial score (nSPS) is 26.4. The van der Waals surface area contributed by atoms with Gasteiger partial charge in [0.1, 0.15) is 11.6 Å². The van der Waals surface area contributed by atoms with Crippen LogP contribution >= 0.6 is 0 Å². The Morgan fingerprint density at radius 3 is 2.93 bits per heavy atom. The van der Waals surface area contributed by atoms with Crippen molar-refractivity contribution in [1.82, 2.24) is 10.2 Å². The topological polar surface area (TPSA) is 73.1 Å². The van der Waals surface area contributed by atoms with Crippen molar-refractivity contribution in [3.8, 4) is 0 Å². The molecule has 0 amide bonds. The summed E-state index contributed by atoms with van der Waals surface area (Å²) in [6.45, 7) is 3.61. The van der Waals surface area contributed by atoms with Crippen molar-refractivity contribution < 1.29 is 4.74 Å². The second-order valence-electron chi connectivity index (χ2n) is 3.83. The second kappa shape index (κ2) is 3.42. The maximum Gasteiger partial charge on any atom is 0.149 e. The summed E-state index contributed by atoms with van der Waals surface area (Å²) in [4.78, 5) is 0. The molecule has 1 fully saturated rings. The van der Waals surface area contributed by atoms with Gasteiger partial charge in [-0.2, -0.15) is 0 Å². The molecule has 76 valence electrons. The standard InChI is InChI=1S/C9H14N4O/c1-9(4-5-14-6-9)11-8-3-2-7(10)12-13-8/h2-3H,4-6H2,1H3,(H2,10,12)(H,11,13). The molecule has 2 heterocycles. The lowest BCUT2D eigenvalue weighted by Gasteiger charge is -2.23. The lowest BCUT2D eigenvalue weighted by atomic mass is 10.0. The van der Waals surface area contributed by atoms with E-state index in [4.69, 9.17) is 10.5 Å². The van der Waals surface area contributed by atoms with Crippen LogP contribution in [0.5, 0.6) is 0 Å². The number of hydrogen-bond acceptors (Lipinski definition) is 5. The first-order valence-electron chi connectivity index (χ1n) is 4.63. The molecule has 1 aliphatic rings. The summed E-state index contributed by atoms with van der Waals surface area (Å²) in [7, 11) is 0. The molecular weight excluding hydrogens is 180 g/mol. The first-order chi connectivity index (χ1) is 6.68. The van der Waals surface area contributed by atoms with E-state index in [0.717, 1.165) is 18.8 Å². The molecule has 2 rings (SSSR count). The summed E-state index contributed by atoms with van der Waals surface area (Å²) in [5, 5.41) is 11.0. The molecule has 0 aromatic carbocycles. The number of nitrogens with two attached hydrogens (primary N) is 1. The highest BCUT2D eigenvalue weighted by Gasteiger charge is 2.29. The van der Waals surface area contributed by atoms with Gasteiger partial charge in [-0.25, -0.2) is 0 Å². The van der Waals surface area contributed by atoms with Crippen molar-refractivity contribution in [1.29, 1.82) is 0 Å². The summed E-state index contributed by atoms with van der Waals surface area (Å²) in [6, 6.07) is 3.56. The zero-order valence-corrected chi connectivity index (χ0v) is 8.16. The van der Waals surface area contributed by atoms with E-state index < -0.39 is 0 Å². The van der Waals surface area contributed by atoms with E-state index in [1.165, 1.54) is 0 Å². The first-order valence-corrected chi connectivity index (χ1v) is 4.63. The maximum absolute atomic E-state index is 5.44. The fourth-order valence-electron chi connectivity index (χ4n) is 1.48. The lowest BCUT2D eigenvalue weighted by molar-refractivity contribution is 0.185. The van der Waals surface area contributed by atoms with Crippen LogP contribution in [0.25, 0.3) is 0 Å². The fraction of sp³-hybridized carbons (Fsp3) is 0.556. The quantitative estimate of drug-likeness (QED) is 0.723. The van der Waals surface area contributed by atoms with Gasteiger partial charge in [0.05, 0.1) is 12.1 Å². The van der Waals surface area contributed by atoms with Crippen LogP contribution in [-0.2, 0) is 4.74 Å². The molecule has 5 nitrogen and oxygen atoms in total. The van der Waals surface area contributed by atoms with Gasteiger partial charge in [-0.05, 0) is 25.5 Å². The molecule has 14 heavy (non-hydrogen) atoms. The van der Waals surface area contributed by atoms with Gasteiger partial charge >= 0.3 is 0 Å². The van der Waals surface area contributed by atoms with E-state index >= 15 is 0 Å². The van der Waals surface area contributed by atoms with Crippen LogP contribution in [-0.4, -0.2) is 29.0 Å². The minimum Gasteiger partial charge on any atom is -0.382 e. The van der Waals surface area contributed by atoms with E-state index in [2.05, 4.69) is 22.4 Å². The third-order valence-electron chi connectivity index (χ3n) is 2.33. The Morgan fingerprint density at radius 1 is 1.50 bits per heavy atom.